The minimum Gasteiger partial charge on any atom is -0.495 e. The van der Waals surface area contributed by atoms with Gasteiger partial charge in [0.1, 0.15) is 10.7 Å². The molecule has 104 valence electrons. The van der Waals surface area contributed by atoms with Crippen molar-refractivity contribution in [3.63, 3.8) is 0 Å². The minimum absolute atomic E-state index is 0.265. The Kier molecular flexibility index (Phi) is 4.95. The summed E-state index contributed by atoms with van der Waals surface area (Å²) in [7, 11) is 1.62. The molecule has 1 aromatic carbocycles. The fourth-order valence-corrected chi connectivity index (χ4v) is 2.95. The van der Waals surface area contributed by atoms with E-state index in [1.54, 1.807) is 19.4 Å². The van der Waals surface area contributed by atoms with Crippen molar-refractivity contribution >= 4 is 60.4 Å². The molecule has 0 aliphatic rings. The highest BCUT2D eigenvalue weighted by atomic mass is 79.9. The van der Waals surface area contributed by atoms with Gasteiger partial charge in [-0.2, -0.15) is 0 Å². The summed E-state index contributed by atoms with van der Waals surface area (Å²) < 4.78 is 7.05. The molecule has 20 heavy (non-hydrogen) atoms. The maximum absolute atomic E-state index is 5.58. The van der Waals surface area contributed by atoms with Gasteiger partial charge in [0.15, 0.2) is 0 Å². The van der Waals surface area contributed by atoms with Crippen molar-refractivity contribution in [3.05, 3.63) is 45.1 Å². The molecule has 0 saturated heterocycles. The molecule has 4 nitrogen and oxygen atoms in total. The standard InChI is InChI=1S/C13H11Br2N3OS/c1-19-12-6-10(8(14)5-9(12)15)18-7-2-3-17-11(4-7)13(16)20/h2-6H,1H3,(H2,16,20)(H,17,18). The summed E-state index contributed by atoms with van der Waals surface area (Å²) in [6, 6.07) is 7.43. The third kappa shape index (κ3) is 3.47. The van der Waals surface area contributed by atoms with Crippen LogP contribution in [0.4, 0.5) is 11.4 Å². The summed E-state index contributed by atoms with van der Waals surface area (Å²) in [4.78, 5) is 4.37. The number of nitrogens with two attached hydrogens (primary N) is 1. The highest BCUT2D eigenvalue weighted by Gasteiger charge is 2.08. The van der Waals surface area contributed by atoms with Crippen LogP contribution in [-0.2, 0) is 0 Å². The molecular weight excluding hydrogens is 406 g/mol. The Balaban J connectivity index is 2.34. The number of pyridine rings is 1. The zero-order chi connectivity index (χ0) is 14.7. The van der Waals surface area contributed by atoms with Crippen molar-refractivity contribution in [3.8, 4) is 5.75 Å². The number of thiocarbonyl (C=S) groups is 1. The number of nitrogens with zero attached hydrogens (tertiary/aromatic N) is 1. The zero-order valence-corrected chi connectivity index (χ0v) is 14.5. The van der Waals surface area contributed by atoms with Gasteiger partial charge in [-0.1, -0.05) is 12.2 Å². The lowest BCUT2D eigenvalue weighted by atomic mass is 10.2. The van der Waals surface area contributed by atoms with Crippen LogP contribution in [0.15, 0.2) is 39.4 Å². The van der Waals surface area contributed by atoms with Crippen LogP contribution in [0.1, 0.15) is 5.69 Å². The molecule has 0 aliphatic carbocycles. The molecule has 0 spiro atoms. The molecule has 0 fully saturated rings. The van der Waals surface area contributed by atoms with Gasteiger partial charge < -0.3 is 15.8 Å². The highest BCUT2D eigenvalue weighted by molar-refractivity contribution is 9.11. The van der Waals surface area contributed by atoms with Crippen LogP contribution < -0.4 is 15.8 Å². The molecule has 0 unspecified atom stereocenters. The largest absolute Gasteiger partial charge is 0.495 e. The van der Waals surface area contributed by atoms with Crippen LogP contribution in [0.5, 0.6) is 5.75 Å². The number of rotatable bonds is 4. The summed E-state index contributed by atoms with van der Waals surface area (Å²) in [6.07, 6.45) is 1.65. The first kappa shape index (κ1) is 15.2. The third-order valence-electron chi connectivity index (χ3n) is 2.53. The van der Waals surface area contributed by atoms with E-state index < -0.39 is 0 Å². The maximum Gasteiger partial charge on any atom is 0.135 e. The van der Waals surface area contributed by atoms with Crippen molar-refractivity contribution in [2.45, 2.75) is 0 Å². The van der Waals surface area contributed by atoms with Gasteiger partial charge in [-0.25, -0.2) is 0 Å². The van der Waals surface area contributed by atoms with E-state index in [9.17, 15) is 0 Å². The van der Waals surface area contributed by atoms with Crippen molar-refractivity contribution in [1.82, 2.24) is 4.98 Å². The monoisotopic (exact) mass is 415 g/mol. The number of aromatic nitrogens is 1. The lowest BCUT2D eigenvalue weighted by Gasteiger charge is -2.12. The number of halogens is 2. The van der Waals surface area contributed by atoms with Gasteiger partial charge in [-0.05, 0) is 50.1 Å². The Morgan fingerprint density at radius 3 is 2.70 bits per heavy atom. The van der Waals surface area contributed by atoms with Gasteiger partial charge in [0.05, 0.1) is 23.0 Å². The van der Waals surface area contributed by atoms with Gasteiger partial charge >= 0.3 is 0 Å². The topological polar surface area (TPSA) is 60.2 Å². The second-order valence-electron chi connectivity index (χ2n) is 3.89. The van der Waals surface area contributed by atoms with E-state index in [0.29, 0.717) is 5.69 Å². The first-order chi connectivity index (χ1) is 9.51. The molecular formula is C13H11Br2N3OS. The Labute approximate surface area is 139 Å². The molecule has 0 bridgehead atoms. The average Bonchev–Trinajstić information content (AvgIpc) is 2.42. The van der Waals surface area contributed by atoms with Gasteiger partial charge in [-0.3, -0.25) is 4.98 Å². The second kappa shape index (κ2) is 6.51. The van der Waals surface area contributed by atoms with E-state index in [1.165, 1.54) is 0 Å². The van der Waals surface area contributed by atoms with E-state index in [2.05, 4.69) is 42.2 Å². The molecule has 0 aliphatic heterocycles. The molecule has 0 radical (unpaired) electrons. The van der Waals surface area contributed by atoms with Crippen LogP contribution in [0.2, 0.25) is 0 Å². The van der Waals surface area contributed by atoms with Crippen molar-refractivity contribution < 1.29 is 4.74 Å². The smallest absolute Gasteiger partial charge is 0.135 e. The Bertz CT molecular complexity index is 664. The van der Waals surface area contributed by atoms with Crippen LogP contribution in [0, 0.1) is 0 Å². The minimum atomic E-state index is 0.265. The van der Waals surface area contributed by atoms with Crippen LogP contribution in [0.3, 0.4) is 0 Å². The second-order valence-corrected chi connectivity index (χ2v) is 6.03. The average molecular weight is 417 g/mol. The summed E-state index contributed by atoms with van der Waals surface area (Å²) in [6.45, 7) is 0. The summed E-state index contributed by atoms with van der Waals surface area (Å²) in [5, 5.41) is 3.27. The van der Waals surface area contributed by atoms with Gasteiger partial charge in [0.25, 0.3) is 0 Å². The number of nitrogens with one attached hydrogen (secondary N) is 1. The molecule has 7 heteroatoms. The maximum atomic E-state index is 5.58. The third-order valence-corrected chi connectivity index (χ3v) is 4.02. The normalized spacial score (nSPS) is 10.2. The molecule has 1 aromatic heterocycles. The summed E-state index contributed by atoms with van der Waals surface area (Å²) >= 11 is 11.9. The highest BCUT2D eigenvalue weighted by Crippen LogP contribution is 2.35. The fourth-order valence-electron chi connectivity index (χ4n) is 1.58. The predicted octanol–water partition coefficient (Wildman–Crippen LogP) is 3.99. The number of hydrogen-bond acceptors (Lipinski definition) is 4. The van der Waals surface area contributed by atoms with E-state index in [-0.39, 0.29) is 4.99 Å². The van der Waals surface area contributed by atoms with E-state index in [1.807, 2.05) is 18.2 Å². The molecule has 0 amide bonds. The van der Waals surface area contributed by atoms with Crippen molar-refractivity contribution in [1.29, 1.82) is 0 Å². The molecule has 1 heterocycles. The van der Waals surface area contributed by atoms with Crippen LogP contribution in [-0.4, -0.2) is 17.1 Å². The zero-order valence-electron chi connectivity index (χ0n) is 10.5. The van der Waals surface area contributed by atoms with Gasteiger partial charge in [-0.15, -0.1) is 0 Å². The van der Waals surface area contributed by atoms with Crippen molar-refractivity contribution in [2.24, 2.45) is 5.73 Å². The number of ether oxygens (including phenoxy) is 1. The molecule has 2 aromatic rings. The molecule has 2 rings (SSSR count). The molecule has 0 atom stereocenters. The van der Waals surface area contributed by atoms with Crippen LogP contribution >= 0.6 is 44.1 Å². The number of benzene rings is 1. The quantitative estimate of drug-likeness (QED) is 0.737. The molecule has 3 N–H and O–H groups in total. The van der Waals surface area contributed by atoms with Crippen molar-refractivity contribution in [2.75, 3.05) is 12.4 Å². The number of methoxy groups -OCH3 is 1. The lowest BCUT2D eigenvalue weighted by Crippen LogP contribution is -2.11. The van der Waals surface area contributed by atoms with Gasteiger partial charge in [0.2, 0.25) is 0 Å². The van der Waals surface area contributed by atoms with E-state index >= 15 is 0 Å². The fraction of sp³-hybridized carbons (Fsp3) is 0.0769. The Hall–Kier alpha value is -1.18. The van der Waals surface area contributed by atoms with E-state index in [4.69, 9.17) is 22.7 Å². The Morgan fingerprint density at radius 1 is 1.30 bits per heavy atom. The van der Waals surface area contributed by atoms with Crippen LogP contribution in [0.25, 0.3) is 0 Å². The summed E-state index contributed by atoms with van der Waals surface area (Å²) in [5.41, 5.74) is 7.86. The number of hydrogen-bond donors (Lipinski definition) is 2. The van der Waals surface area contributed by atoms with Gasteiger partial charge in [0, 0.05) is 22.4 Å². The first-order valence-corrected chi connectivity index (χ1v) is 7.56. The SMILES string of the molecule is COc1cc(Nc2ccnc(C(N)=S)c2)c(Br)cc1Br. The number of anilines is 2. The van der Waals surface area contributed by atoms with E-state index in [0.717, 1.165) is 26.1 Å². The Morgan fingerprint density at radius 2 is 2.05 bits per heavy atom. The molecule has 0 saturated carbocycles. The summed E-state index contributed by atoms with van der Waals surface area (Å²) in [5.74, 6) is 0.735. The predicted molar refractivity (Wildman–Crippen MR) is 91.8 cm³/mol. The lowest BCUT2D eigenvalue weighted by molar-refractivity contribution is 0.412. The first-order valence-electron chi connectivity index (χ1n) is 5.57.